The van der Waals surface area contributed by atoms with Gasteiger partial charge in [0.05, 0.1) is 6.54 Å². The molecule has 0 saturated heterocycles. The van der Waals surface area contributed by atoms with Gasteiger partial charge in [-0.2, -0.15) is 5.10 Å². The minimum atomic E-state index is 0.250. The number of aromatic nitrogens is 2. The lowest BCUT2D eigenvalue weighted by atomic mass is 10.2. The highest BCUT2D eigenvalue weighted by Crippen LogP contribution is 2.34. The first-order valence-electron chi connectivity index (χ1n) is 7.81. The summed E-state index contributed by atoms with van der Waals surface area (Å²) >= 11 is 5.34. The lowest BCUT2D eigenvalue weighted by molar-refractivity contribution is 0.174. The number of benzene rings is 2. The number of ether oxygens (including phenoxy) is 2. The third-order valence-electron chi connectivity index (χ3n) is 3.70. The summed E-state index contributed by atoms with van der Waals surface area (Å²) in [5, 5.41) is 11.1. The molecule has 1 aliphatic heterocycles. The van der Waals surface area contributed by atoms with Gasteiger partial charge in [0.25, 0.3) is 0 Å². The van der Waals surface area contributed by atoms with Crippen LogP contribution in [-0.4, -0.2) is 21.7 Å². The highest BCUT2D eigenvalue weighted by Gasteiger charge is 2.13. The maximum absolute atomic E-state index is 5.36. The second-order valence-corrected chi connectivity index (χ2v) is 5.94. The minimum absolute atomic E-state index is 0.250. The minimum Gasteiger partial charge on any atom is -0.454 e. The first kappa shape index (κ1) is 15.5. The highest BCUT2D eigenvalue weighted by atomic mass is 32.1. The smallest absolute Gasteiger partial charge is 0.231 e. The molecule has 6 nitrogen and oxygen atoms in total. The molecule has 0 radical (unpaired) electrons. The van der Waals surface area contributed by atoms with E-state index in [1.54, 1.807) is 0 Å². The van der Waals surface area contributed by atoms with Gasteiger partial charge in [0.15, 0.2) is 22.4 Å². The molecule has 2 heterocycles. The Balaban J connectivity index is 1.36. The highest BCUT2D eigenvalue weighted by molar-refractivity contribution is 7.80. The zero-order chi connectivity index (χ0) is 17.1. The fourth-order valence-corrected chi connectivity index (χ4v) is 2.76. The summed E-state index contributed by atoms with van der Waals surface area (Å²) in [5.41, 5.74) is 2.02. The van der Waals surface area contributed by atoms with Crippen molar-refractivity contribution in [2.45, 2.75) is 6.54 Å². The van der Waals surface area contributed by atoms with Crippen molar-refractivity contribution in [3.05, 3.63) is 66.4 Å². The molecular formula is C18H16N4O2S. The molecule has 2 N–H and O–H groups in total. The molecule has 0 amide bonds. The molecule has 4 rings (SSSR count). The molecule has 0 unspecified atom stereocenters. The number of anilines is 2. The van der Waals surface area contributed by atoms with Crippen molar-refractivity contribution in [2.24, 2.45) is 0 Å². The second-order valence-electron chi connectivity index (χ2n) is 5.53. The molecule has 3 aromatic rings. The van der Waals surface area contributed by atoms with Crippen molar-refractivity contribution < 1.29 is 9.47 Å². The standard InChI is InChI=1S/C18H16N4O2S/c25-18(19-14-6-7-15-16(10-14)24-12-23-15)20-17-8-9-22(21-17)11-13-4-2-1-3-5-13/h1-10H,11-12H2,(H2,19,20,21,25). The molecule has 1 aromatic heterocycles. The van der Waals surface area contributed by atoms with Gasteiger partial charge >= 0.3 is 0 Å². The number of thiocarbonyl (C=S) groups is 1. The first-order chi connectivity index (χ1) is 12.3. The van der Waals surface area contributed by atoms with Crippen molar-refractivity contribution in [1.29, 1.82) is 0 Å². The van der Waals surface area contributed by atoms with E-state index in [0.29, 0.717) is 23.2 Å². The van der Waals surface area contributed by atoms with Crippen LogP contribution < -0.4 is 20.1 Å². The molecule has 2 aromatic carbocycles. The molecule has 0 bridgehead atoms. The van der Waals surface area contributed by atoms with E-state index in [0.717, 1.165) is 11.4 Å². The molecule has 0 spiro atoms. The maximum Gasteiger partial charge on any atom is 0.231 e. The van der Waals surface area contributed by atoms with E-state index in [4.69, 9.17) is 21.7 Å². The Labute approximate surface area is 150 Å². The molecule has 126 valence electrons. The lowest BCUT2D eigenvalue weighted by Crippen LogP contribution is -2.19. The Kier molecular flexibility index (Phi) is 4.22. The van der Waals surface area contributed by atoms with Gasteiger partial charge in [-0.3, -0.25) is 4.68 Å². The van der Waals surface area contributed by atoms with E-state index >= 15 is 0 Å². The van der Waals surface area contributed by atoms with E-state index in [1.807, 2.05) is 53.3 Å². The second kappa shape index (κ2) is 6.82. The van der Waals surface area contributed by atoms with Crippen LogP contribution in [0.15, 0.2) is 60.8 Å². The predicted molar refractivity (Wildman–Crippen MR) is 100 cm³/mol. The Morgan fingerprint density at radius 2 is 1.88 bits per heavy atom. The number of nitrogens with one attached hydrogen (secondary N) is 2. The van der Waals surface area contributed by atoms with Crippen LogP contribution >= 0.6 is 12.2 Å². The van der Waals surface area contributed by atoms with Gasteiger partial charge in [0, 0.05) is 24.0 Å². The van der Waals surface area contributed by atoms with E-state index in [9.17, 15) is 0 Å². The van der Waals surface area contributed by atoms with Crippen LogP contribution in [0.5, 0.6) is 11.5 Å². The molecule has 7 heteroatoms. The first-order valence-corrected chi connectivity index (χ1v) is 8.22. The Morgan fingerprint density at radius 3 is 2.76 bits per heavy atom. The van der Waals surface area contributed by atoms with Crippen molar-refractivity contribution in [2.75, 3.05) is 17.4 Å². The van der Waals surface area contributed by atoms with Gasteiger partial charge in [0.1, 0.15) is 0 Å². The van der Waals surface area contributed by atoms with Gasteiger partial charge in [-0.15, -0.1) is 0 Å². The predicted octanol–water partition coefficient (Wildman–Crippen LogP) is 3.47. The van der Waals surface area contributed by atoms with Crippen molar-refractivity contribution >= 4 is 28.8 Å². The summed E-state index contributed by atoms with van der Waals surface area (Å²) in [4.78, 5) is 0. The van der Waals surface area contributed by atoms with Crippen LogP contribution in [0.4, 0.5) is 11.5 Å². The van der Waals surface area contributed by atoms with Gasteiger partial charge < -0.3 is 20.1 Å². The van der Waals surface area contributed by atoms with E-state index in [-0.39, 0.29) is 6.79 Å². The van der Waals surface area contributed by atoms with Crippen molar-refractivity contribution in [3.8, 4) is 11.5 Å². The third-order valence-corrected chi connectivity index (χ3v) is 3.90. The summed E-state index contributed by atoms with van der Waals surface area (Å²) in [7, 11) is 0. The van der Waals surface area contributed by atoms with E-state index in [2.05, 4.69) is 27.9 Å². The van der Waals surface area contributed by atoms with Crippen LogP contribution in [0.1, 0.15) is 5.56 Å². The summed E-state index contributed by atoms with van der Waals surface area (Å²) in [5.74, 6) is 2.14. The molecule has 0 saturated carbocycles. The summed E-state index contributed by atoms with van der Waals surface area (Å²) in [6, 6.07) is 17.6. The van der Waals surface area contributed by atoms with E-state index in [1.165, 1.54) is 5.56 Å². The average molecular weight is 352 g/mol. The molecule has 0 atom stereocenters. The van der Waals surface area contributed by atoms with Crippen LogP contribution in [-0.2, 0) is 6.54 Å². The maximum atomic E-state index is 5.36. The quantitative estimate of drug-likeness (QED) is 0.701. The Morgan fingerprint density at radius 1 is 1.04 bits per heavy atom. The van der Waals surface area contributed by atoms with Gasteiger partial charge in [0.2, 0.25) is 6.79 Å². The number of hydrogen-bond acceptors (Lipinski definition) is 4. The van der Waals surface area contributed by atoms with E-state index < -0.39 is 0 Å². The summed E-state index contributed by atoms with van der Waals surface area (Å²) < 4.78 is 12.5. The van der Waals surface area contributed by atoms with Crippen LogP contribution in [0.25, 0.3) is 0 Å². The normalized spacial score (nSPS) is 12.0. The Bertz CT molecular complexity index is 895. The zero-order valence-electron chi connectivity index (χ0n) is 13.3. The Hall–Kier alpha value is -3.06. The monoisotopic (exact) mass is 352 g/mol. The number of fused-ring (bicyclic) bond motifs is 1. The number of nitrogens with zero attached hydrogens (tertiary/aromatic N) is 2. The van der Waals surface area contributed by atoms with Crippen molar-refractivity contribution in [1.82, 2.24) is 9.78 Å². The molecule has 0 aliphatic carbocycles. The lowest BCUT2D eigenvalue weighted by Gasteiger charge is -2.09. The zero-order valence-corrected chi connectivity index (χ0v) is 14.1. The molecule has 1 aliphatic rings. The largest absolute Gasteiger partial charge is 0.454 e. The van der Waals surface area contributed by atoms with Gasteiger partial charge in [-0.05, 0) is 29.9 Å². The fourth-order valence-electron chi connectivity index (χ4n) is 2.54. The number of rotatable bonds is 4. The molecular weight excluding hydrogens is 336 g/mol. The van der Waals surface area contributed by atoms with Crippen LogP contribution in [0.3, 0.4) is 0 Å². The third kappa shape index (κ3) is 3.72. The average Bonchev–Trinajstić information content (AvgIpc) is 3.24. The summed E-state index contributed by atoms with van der Waals surface area (Å²) in [6.45, 7) is 0.963. The fraction of sp³-hybridized carbons (Fsp3) is 0.111. The van der Waals surface area contributed by atoms with Crippen molar-refractivity contribution in [3.63, 3.8) is 0 Å². The molecule has 0 fully saturated rings. The topological polar surface area (TPSA) is 60.3 Å². The van der Waals surface area contributed by atoms with Crippen LogP contribution in [0.2, 0.25) is 0 Å². The van der Waals surface area contributed by atoms with Gasteiger partial charge in [-0.1, -0.05) is 30.3 Å². The number of hydrogen-bond donors (Lipinski definition) is 2. The van der Waals surface area contributed by atoms with Crippen LogP contribution in [0, 0.1) is 0 Å². The summed E-state index contributed by atoms with van der Waals surface area (Å²) in [6.07, 6.45) is 1.92. The molecule has 25 heavy (non-hydrogen) atoms. The SMILES string of the molecule is S=C(Nc1ccc2c(c1)OCO2)Nc1ccn(Cc2ccccc2)n1. The van der Waals surface area contributed by atoms with Gasteiger partial charge in [-0.25, -0.2) is 0 Å².